The molecule has 0 radical (unpaired) electrons. The van der Waals surface area contributed by atoms with Gasteiger partial charge in [0.2, 0.25) is 0 Å². The van der Waals surface area contributed by atoms with E-state index in [9.17, 15) is 9.59 Å². The number of hydrogen-bond acceptors (Lipinski definition) is 4. The lowest BCUT2D eigenvalue weighted by Crippen LogP contribution is -2.23. The van der Waals surface area contributed by atoms with E-state index in [-0.39, 0.29) is 16.5 Å². The number of benzene rings is 2. The number of nitrogens with one attached hydrogen (secondary N) is 1. The van der Waals surface area contributed by atoms with E-state index in [1.165, 1.54) is 6.07 Å². The zero-order valence-electron chi connectivity index (χ0n) is 18.4. The molecule has 2 amide bonds. The van der Waals surface area contributed by atoms with Crippen molar-refractivity contribution in [2.75, 3.05) is 11.9 Å². The molecule has 0 spiro atoms. The molecule has 0 fully saturated rings. The minimum Gasteiger partial charge on any atom is -0.337 e. The van der Waals surface area contributed by atoms with E-state index in [0.29, 0.717) is 34.1 Å². The van der Waals surface area contributed by atoms with Crippen LogP contribution in [0.5, 0.6) is 0 Å². The number of carbonyl (C=O) groups excluding carboxylic acids is 2. The highest BCUT2D eigenvalue weighted by Crippen LogP contribution is 2.30. The number of rotatable bonds is 8. The van der Waals surface area contributed by atoms with Gasteiger partial charge in [-0.15, -0.1) is 0 Å². The van der Waals surface area contributed by atoms with Gasteiger partial charge in [0.1, 0.15) is 0 Å². The van der Waals surface area contributed by atoms with E-state index in [1.807, 2.05) is 51.8 Å². The van der Waals surface area contributed by atoms with Crippen LogP contribution >= 0.6 is 46.1 Å². The van der Waals surface area contributed by atoms with Crippen LogP contribution in [-0.2, 0) is 6.54 Å². The average molecular weight is 620 g/mol. The second-order valence-corrected chi connectivity index (χ2v) is 9.58. The Morgan fingerprint density at radius 2 is 1.89 bits per heavy atom. The molecule has 0 bridgehead atoms. The summed E-state index contributed by atoms with van der Waals surface area (Å²) in [7, 11) is 0. The lowest BCUT2D eigenvalue weighted by atomic mass is 10.1. The van der Waals surface area contributed by atoms with E-state index < -0.39 is 5.91 Å². The smallest absolute Gasteiger partial charge is 0.262 e. The van der Waals surface area contributed by atoms with Crippen LogP contribution in [0.2, 0.25) is 10.0 Å². The number of aromatic nitrogens is 3. The van der Waals surface area contributed by atoms with Crippen molar-refractivity contribution < 1.29 is 9.59 Å². The fourth-order valence-corrected chi connectivity index (χ4v) is 4.51. The van der Waals surface area contributed by atoms with Gasteiger partial charge in [0.25, 0.3) is 11.8 Å². The number of hydrogen-bond donors (Lipinski definition) is 1. The SMILES string of the molecule is O=C(Nc1ccc(Cl)c(-c2ccccn2)c1)c1ccc(C(=O)N(I)CCCn2ccnc2)cc1Cl. The third-order valence-corrected chi connectivity index (χ3v) is 6.74. The maximum Gasteiger partial charge on any atom is 0.262 e. The first-order valence-corrected chi connectivity index (χ1v) is 12.4. The fourth-order valence-electron chi connectivity index (χ4n) is 3.40. The van der Waals surface area contributed by atoms with E-state index in [2.05, 4.69) is 15.3 Å². The molecule has 4 rings (SSSR count). The Morgan fingerprint density at radius 1 is 1.03 bits per heavy atom. The van der Waals surface area contributed by atoms with E-state index >= 15 is 0 Å². The molecule has 0 saturated carbocycles. The third-order valence-electron chi connectivity index (χ3n) is 5.18. The van der Waals surface area contributed by atoms with Crippen LogP contribution in [0.4, 0.5) is 5.69 Å². The number of halogens is 3. The highest BCUT2D eigenvalue weighted by Gasteiger charge is 2.18. The second-order valence-electron chi connectivity index (χ2n) is 7.60. The van der Waals surface area contributed by atoms with Crippen molar-refractivity contribution in [1.29, 1.82) is 0 Å². The first kappa shape index (κ1) is 25.2. The molecule has 2 aromatic heterocycles. The Morgan fingerprint density at radius 3 is 2.60 bits per heavy atom. The van der Waals surface area contributed by atoms with Gasteiger partial charge in [-0.05, 0) is 55.0 Å². The van der Waals surface area contributed by atoms with Crippen molar-refractivity contribution in [1.82, 2.24) is 17.6 Å². The van der Waals surface area contributed by atoms with Gasteiger partial charge in [0.15, 0.2) is 0 Å². The molecule has 2 heterocycles. The summed E-state index contributed by atoms with van der Waals surface area (Å²) in [5.41, 5.74) is 2.62. The summed E-state index contributed by atoms with van der Waals surface area (Å²) < 4.78 is 3.56. The van der Waals surface area contributed by atoms with E-state index in [4.69, 9.17) is 23.2 Å². The Kier molecular flexibility index (Phi) is 8.37. The summed E-state index contributed by atoms with van der Waals surface area (Å²) in [5, 5.41) is 3.55. The molecule has 7 nitrogen and oxygen atoms in total. The van der Waals surface area contributed by atoms with Crippen LogP contribution in [0.25, 0.3) is 11.3 Å². The van der Waals surface area contributed by atoms with Gasteiger partial charge in [-0.1, -0.05) is 29.3 Å². The van der Waals surface area contributed by atoms with Crippen molar-refractivity contribution in [3.8, 4) is 11.3 Å². The molecule has 0 aliphatic rings. The number of aryl methyl sites for hydroxylation is 1. The monoisotopic (exact) mass is 619 g/mol. The minimum atomic E-state index is -0.394. The first-order valence-electron chi connectivity index (χ1n) is 10.7. The number of amides is 2. The van der Waals surface area contributed by atoms with Crippen LogP contribution in [-0.4, -0.2) is 36.0 Å². The summed E-state index contributed by atoms with van der Waals surface area (Å²) in [6.45, 7) is 1.33. The molecular formula is C25H20Cl2IN5O2. The molecule has 4 aromatic rings. The normalized spacial score (nSPS) is 10.7. The predicted molar refractivity (Wildman–Crippen MR) is 146 cm³/mol. The summed E-state index contributed by atoms with van der Waals surface area (Å²) in [5.74, 6) is -0.572. The summed E-state index contributed by atoms with van der Waals surface area (Å²) in [6, 6.07) is 15.4. The number of imidazole rings is 1. The molecule has 0 unspecified atom stereocenters. The molecule has 35 heavy (non-hydrogen) atoms. The molecule has 0 aliphatic carbocycles. The molecule has 178 valence electrons. The Balaban J connectivity index is 1.42. The van der Waals surface area contributed by atoms with Crippen molar-refractivity contribution in [3.05, 3.63) is 101 Å². The van der Waals surface area contributed by atoms with Crippen LogP contribution in [0.3, 0.4) is 0 Å². The summed E-state index contributed by atoms with van der Waals surface area (Å²) >= 11 is 14.7. The number of anilines is 1. The Labute approximate surface area is 226 Å². The maximum absolute atomic E-state index is 12.9. The van der Waals surface area contributed by atoms with Crippen molar-refractivity contribution in [2.45, 2.75) is 13.0 Å². The lowest BCUT2D eigenvalue weighted by Gasteiger charge is -2.16. The molecule has 1 N–H and O–H groups in total. The van der Waals surface area contributed by atoms with Crippen molar-refractivity contribution >= 4 is 63.6 Å². The first-order chi connectivity index (χ1) is 16.9. The molecule has 10 heteroatoms. The van der Waals surface area contributed by atoms with Crippen LogP contribution in [0.1, 0.15) is 27.1 Å². The second kappa shape index (κ2) is 11.7. The zero-order chi connectivity index (χ0) is 24.8. The predicted octanol–water partition coefficient (Wildman–Crippen LogP) is 6.39. The van der Waals surface area contributed by atoms with Crippen LogP contribution in [0.15, 0.2) is 79.5 Å². The van der Waals surface area contributed by atoms with Gasteiger partial charge in [-0.2, -0.15) is 0 Å². The highest BCUT2D eigenvalue weighted by atomic mass is 127. The van der Waals surface area contributed by atoms with Gasteiger partial charge in [0.05, 0.1) is 50.5 Å². The lowest BCUT2D eigenvalue weighted by molar-refractivity contribution is 0.0886. The molecule has 0 atom stereocenters. The standard InChI is InChI=1S/C25H20Cl2IN5O2/c26-21-8-6-18(15-20(21)23-4-1-2-9-30-23)31-24(34)19-7-5-17(14-22(19)27)25(35)33(28)12-3-11-32-13-10-29-16-32/h1-2,4-10,13-16H,3,11-12H2,(H,31,34). The number of carbonyl (C=O) groups is 2. The molecule has 0 saturated heterocycles. The van der Waals surface area contributed by atoms with Crippen LogP contribution < -0.4 is 5.32 Å². The topological polar surface area (TPSA) is 80.1 Å². The van der Waals surface area contributed by atoms with Gasteiger partial charge in [0, 0.05) is 48.5 Å². The zero-order valence-corrected chi connectivity index (χ0v) is 22.0. The fraction of sp³-hybridized carbons (Fsp3) is 0.120. The van der Waals surface area contributed by atoms with Crippen LogP contribution in [0, 0.1) is 0 Å². The maximum atomic E-state index is 12.9. The molecule has 2 aromatic carbocycles. The molecular weight excluding hydrogens is 600 g/mol. The Hall–Kier alpha value is -2.95. The molecule has 0 aliphatic heterocycles. The number of pyridine rings is 1. The minimum absolute atomic E-state index is 0.178. The summed E-state index contributed by atoms with van der Waals surface area (Å²) in [4.78, 5) is 34.0. The van der Waals surface area contributed by atoms with Crippen molar-refractivity contribution in [3.63, 3.8) is 0 Å². The van der Waals surface area contributed by atoms with Gasteiger partial charge >= 0.3 is 0 Å². The van der Waals surface area contributed by atoms with Gasteiger partial charge in [-0.25, -0.2) is 4.98 Å². The third kappa shape index (κ3) is 6.39. The largest absolute Gasteiger partial charge is 0.337 e. The van der Waals surface area contributed by atoms with Crippen molar-refractivity contribution in [2.24, 2.45) is 0 Å². The van der Waals surface area contributed by atoms with Gasteiger partial charge < -0.3 is 9.88 Å². The number of nitrogens with zero attached hydrogens (tertiary/aromatic N) is 4. The quantitative estimate of drug-likeness (QED) is 0.183. The van der Waals surface area contributed by atoms with Gasteiger partial charge in [-0.3, -0.25) is 17.7 Å². The highest BCUT2D eigenvalue weighted by molar-refractivity contribution is 14.1. The average Bonchev–Trinajstić information content (AvgIpc) is 3.38. The Bertz CT molecular complexity index is 1330. The van der Waals surface area contributed by atoms with E-state index in [0.717, 1.165) is 13.0 Å². The summed E-state index contributed by atoms with van der Waals surface area (Å²) in [6.07, 6.45) is 7.80. The van der Waals surface area contributed by atoms with E-state index in [1.54, 1.807) is 52.2 Å².